The summed E-state index contributed by atoms with van der Waals surface area (Å²) in [6.45, 7) is 1.67. The van der Waals surface area contributed by atoms with Crippen LogP contribution in [0.15, 0.2) is 48.5 Å². The number of ether oxygens (including phenoxy) is 2. The summed E-state index contributed by atoms with van der Waals surface area (Å²) in [6.07, 6.45) is 3.17. The van der Waals surface area contributed by atoms with Crippen molar-refractivity contribution in [2.24, 2.45) is 0 Å². The molecule has 1 aromatic heterocycles. The van der Waals surface area contributed by atoms with Gasteiger partial charge in [-0.15, -0.1) is 11.3 Å². The number of rotatable bonds is 6. The van der Waals surface area contributed by atoms with E-state index in [2.05, 4.69) is 10.1 Å². The molecule has 0 bridgehead atoms. The summed E-state index contributed by atoms with van der Waals surface area (Å²) in [4.78, 5) is 24.2. The second-order valence-electron chi connectivity index (χ2n) is 5.94. The van der Waals surface area contributed by atoms with Crippen LogP contribution in [0, 0.1) is 6.92 Å². The number of amides is 1. The van der Waals surface area contributed by atoms with Gasteiger partial charge in [0.1, 0.15) is 5.75 Å². The SMILES string of the molecule is COC(=O)COc1ccc(NC(=O)C=Cc2sc3ccccc3c2Cl)c(C)c1. The summed E-state index contributed by atoms with van der Waals surface area (Å²) in [5.74, 6) is -0.201. The molecule has 0 aliphatic heterocycles. The van der Waals surface area contributed by atoms with E-state index in [1.165, 1.54) is 24.5 Å². The maximum Gasteiger partial charge on any atom is 0.343 e. The van der Waals surface area contributed by atoms with E-state index in [4.69, 9.17) is 16.3 Å². The third-order valence-electron chi connectivity index (χ3n) is 3.99. The summed E-state index contributed by atoms with van der Waals surface area (Å²) in [5.41, 5.74) is 1.46. The third kappa shape index (κ3) is 4.71. The summed E-state index contributed by atoms with van der Waals surface area (Å²) >= 11 is 7.92. The minimum absolute atomic E-state index is 0.166. The van der Waals surface area contributed by atoms with Crippen LogP contribution >= 0.6 is 22.9 Å². The number of methoxy groups -OCH3 is 1. The van der Waals surface area contributed by atoms with Gasteiger partial charge in [-0.2, -0.15) is 0 Å². The van der Waals surface area contributed by atoms with Crippen LogP contribution in [0.3, 0.4) is 0 Å². The Bertz CT molecular complexity index is 1060. The van der Waals surface area contributed by atoms with Crippen molar-refractivity contribution in [3.63, 3.8) is 0 Å². The second kappa shape index (κ2) is 8.91. The Balaban J connectivity index is 1.66. The fraction of sp³-hybridized carbons (Fsp3) is 0.143. The van der Waals surface area contributed by atoms with Gasteiger partial charge in [0.05, 0.1) is 12.1 Å². The number of fused-ring (bicyclic) bond motifs is 1. The molecule has 0 unspecified atom stereocenters. The summed E-state index contributed by atoms with van der Waals surface area (Å²) in [7, 11) is 1.30. The summed E-state index contributed by atoms with van der Waals surface area (Å²) in [5, 5.41) is 4.45. The molecule has 1 amide bonds. The Hall–Kier alpha value is -2.83. The number of hydrogen-bond donors (Lipinski definition) is 1. The lowest BCUT2D eigenvalue weighted by Gasteiger charge is -2.10. The van der Waals surface area contributed by atoms with E-state index in [9.17, 15) is 9.59 Å². The molecule has 3 aromatic rings. The number of anilines is 1. The van der Waals surface area contributed by atoms with Crippen molar-refractivity contribution in [2.45, 2.75) is 6.92 Å². The van der Waals surface area contributed by atoms with Crippen molar-refractivity contribution in [1.82, 2.24) is 0 Å². The van der Waals surface area contributed by atoms with Gasteiger partial charge in [-0.3, -0.25) is 4.79 Å². The molecule has 144 valence electrons. The number of carbonyl (C=O) groups excluding carboxylic acids is 2. The highest BCUT2D eigenvalue weighted by Crippen LogP contribution is 2.35. The number of aryl methyl sites for hydroxylation is 1. The van der Waals surface area contributed by atoms with Crippen molar-refractivity contribution in [3.05, 3.63) is 64.0 Å². The largest absolute Gasteiger partial charge is 0.482 e. The smallest absolute Gasteiger partial charge is 0.343 e. The number of hydrogen-bond acceptors (Lipinski definition) is 5. The van der Waals surface area contributed by atoms with Crippen LogP contribution < -0.4 is 10.1 Å². The number of benzene rings is 2. The zero-order chi connectivity index (χ0) is 20.1. The van der Waals surface area contributed by atoms with E-state index in [1.54, 1.807) is 24.3 Å². The van der Waals surface area contributed by atoms with Crippen LogP contribution in [-0.4, -0.2) is 25.6 Å². The molecular weight excluding hydrogens is 398 g/mol. The van der Waals surface area contributed by atoms with Gasteiger partial charge in [0.2, 0.25) is 5.91 Å². The van der Waals surface area contributed by atoms with Crippen molar-refractivity contribution in [2.75, 3.05) is 19.0 Å². The van der Waals surface area contributed by atoms with Gasteiger partial charge in [-0.1, -0.05) is 29.8 Å². The van der Waals surface area contributed by atoms with Crippen LogP contribution in [0.5, 0.6) is 5.75 Å². The van der Waals surface area contributed by atoms with Crippen LogP contribution in [0.4, 0.5) is 5.69 Å². The standard InChI is InChI=1S/C21H18ClNO4S/c1-13-11-14(27-12-20(25)26-2)7-8-16(13)23-19(24)10-9-18-21(22)15-5-3-4-6-17(15)28-18/h3-11H,12H2,1-2H3,(H,23,24). The minimum Gasteiger partial charge on any atom is -0.482 e. The molecule has 0 aliphatic carbocycles. The Morgan fingerprint density at radius 1 is 1.21 bits per heavy atom. The molecule has 5 nitrogen and oxygen atoms in total. The number of esters is 1. The fourth-order valence-corrected chi connectivity index (χ4v) is 3.93. The zero-order valence-electron chi connectivity index (χ0n) is 15.3. The molecule has 3 rings (SSSR count). The predicted octanol–water partition coefficient (Wildman–Crippen LogP) is 5.07. The molecule has 2 aromatic carbocycles. The molecule has 0 radical (unpaired) electrons. The lowest BCUT2D eigenvalue weighted by molar-refractivity contribution is -0.142. The van der Waals surface area contributed by atoms with Crippen molar-refractivity contribution < 1.29 is 19.1 Å². The monoisotopic (exact) mass is 415 g/mol. The molecule has 0 saturated carbocycles. The Labute approximate surface area is 171 Å². The molecule has 28 heavy (non-hydrogen) atoms. The Morgan fingerprint density at radius 2 is 2.00 bits per heavy atom. The molecule has 0 fully saturated rings. The van der Waals surface area contributed by atoms with Gasteiger partial charge in [0, 0.05) is 26.7 Å². The Morgan fingerprint density at radius 3 is 2.71 bits per heavy atom. The molecule has 1 heterocycles. The fourth-order valence-electron chi connectivity index (χ4n) is 2.53. The van der Waals surface area contributed by atoms with Crippen LogP contribution in [0.25, 0.3) is 16.2 Å². The second-order valence-corrected chi connectivity index (χ2v) is 7.40. The normalized spacial score (nSPS) is 11.0. The van der Waals surface area contributed by atoms with E-state index in [0.717, 1.165) is 20.5 Å². The highest BCUT2D eigenvalue weighted by atomic mass is 35.5. The van der Waals surface area contributed by atoms with Gasteiger partial charge in [0.15, 0.2) is 6.61 Å². The number of halogens is 1. The topological polar surface area (TPSA) is 64.6 Å². The van der Waals surface area contributed by atoms with Gasteiger partial charge in [-0.25, -0.2) is 4.79 Å². The first-order chi connectivity index (χ1) is 13.5. The lowest BCUT2D eigenvalue weighted by Crippen LogP contribution is -2.13. The first-order valence-electron chi connectivity index (χ1n) is 8.44. The van der Waals surface area contributed by atoms with E-state index >= 15 is 0 Å². The van der Waals surface area contributed by atoms with Crippen LogP contribution in [0.1, 0.15) is 10.4 Å². The van der Waals surface area contributed by atoms with E-state index in [1.807, 2.05) is 31.2 Å². The molecular formula is C21H18ClNO4S. The average molecular weight is 416 g/mol. The third-order valence-corrected chi connectivity index (χ3v) is 5.64. The molecule has 0 aliphatic rings. The van der Waals surface area contributed by atoms with Crippen LogP contribution in [-0.2, 0) is 14.3 Å². The van der Waals surface area contributed by atoms with E-state index in [-0.39, 0.29) is 12.5 Å². The zero-order valence-corrected chi connectivity index (χ0v) is 16.9. The molecule has 7 heteroatoms. The van der Waals surface area contributed by atoms with Crippen molar-refractivity contribution in [3.8, 4) is 5.75 Å². The number of nitrogens with one attached hydrogen (secondary N) is 1. The predicted molar refractivity (Wildman–Crippen MR) is 113 cm³/mol. The van der Waals surface area contributed by atoms with E-state index in [0.29, 0.717) is 16.5 Å². The molecule has 1 N–H and O–H groups in total. The van der Waals surface area contributed by atoms with E-state index < -0.39 is 5.97 Å². The van der Waals surface area contributed by atoms with Crippen molar-refractivity contribution >= 4 is 56.7 Å². The minimum atomic E-state index is -0.458. The maximum atomic E-state index is 12.3. The van der Waals surface area contributed by atoms with Crippen molar-refractivity contribution in [1.29, 1.82) is 0 Å². The molecule has 0 atom stereocenters. The Kier molecular flexibility index (Phi) is 6.34. The number of thiophene rings is 1. The molecule has 0 spiro atoms. The highest BCUT2D eigenvalue weighted by Gasteiger charge is 2.09. The average Bonchev–Trinajstić information content (AvgIpc) is 3.02. The summed E-state index contributed by atoms with van der Waals surface area (Å²) < 4.78 is 10.9. The van der Waals surface area contributed by atoms with Gasteiger partial charge in [-0.05, 0) is 42.8 Å². The highest BCUT2D eigenvalue weighted by molar-refractivity contribution is 7.20. The van der Waals surface area contributed by atoms with Gasteiger partial charge >= 0.3 is 5.97 Å². The summed E-state index contributed by atoms with van der Waals surface area (Å²) in [6, 6.07) is 13.0. The maximum absolute atomic E-state index is 12.3. The first-order valence-corrected chi connectivity index (χ1v) is 9.63. The van der Waals surface area contributed by atoms with Crippen LogP contribution in [0.2, 0.25) is 5.02 Å². The number of carbonyl (C=O) groups is 2. The quantitative estimate of drug-likeness (QED) is 0.451. The molecule has 0 saturated heterocycles. The van der Waals surface area contributed by atoms with Gasteiger partial charge in [0.25, 0.3) is 0 Å². The first kappa shape index (κ1) is 19.9. The lowest BCUT2D eigenvalue weighted by atomic mass is 10.2. The van der Waals surface area contributed by atoms with Gasteiger partial charge < -0.3 is 14.8 Å².